The highest BCUT2D eigenvalue weighted by Gasteiger charge is 2.43. The summed E-state index contributed by atoms with van der Waals surface area (Å²) in [5.74, 6) is 0.933. The number of fused-ring (bicyclic) bond motifs is 1. The number of epoxide rings is 1. The van der Waals surface area contributed by atoms with Gasteiger partial charge in [0.25, 0.3) is 0 Å². The first-order chi connectivity index (χ1) is 6.61. The van der Waals surface area contributed by atoms with E-state index in [1.54, 1.807) is 0 Å². The molecule has 2 nitrogen and oxygen atoms in total. The summed E-state index contributed by atoms with van der Waals surface area (Å²) in [6.07, 6.45) is 6.73. The molecule has 0 aromatic carbocycles. The molecule has 1 saturated heterocycles. The Bertz CT molecular complexity index is 208. The second kappa shape index (κ2) is 4.08. The lowest BCUT2D eigenvalue weighted by molar-refractivity contribution is 0.355. The summed E-state index contributed by atoms with van der Waals surface area (Å²) in [5.41, 5.74) is 0. The highest BCUT2D eigenvalue weighted by Crippen LogP contribution is 2.41. The molecule has 0 amide bonds. The van der Waals surface area contributed by atoms with Crippen LogP contribution in [0.4, 0.5) is 0 Å². The van der Waals surface area contributed by atoms with Crippen molar-refractivity contribution in [3.63, 3.8) is 0 Å². The molecule has 2 fully saturated rings. The van der Waals surface area contributed by atoms with Crippen molar-refractivity contribution in [3.8, 4) is 0 Å². The van der Waals surface area contributed by atoms with E-state index in [9.17, 15) is 0 Å². The SMILES string of the molecule is C[Si](C)(CCC1CCC2OC2C1)O[SiH3]. The monoisotopic (exact) mass is 230 g/mol. The van der Waals surface area contributed by atoms with Gasteiger partial charge in [0.2, 0.25) is 0 Å². The zero-order chi connectivity index (χ0) is 10.2. The van der Waals surface area contributed by atoms with E-state index in [-0.39, 0.29) is 0 Å². The molecule has 2 aliphatic rings. The molecule has 4 heteroatoms. The van der Waals surface area contributed by atoms with Crippen molar-refractivity contribution in [2.24, 2.45) is 5.92 Å². The largest absolute Gasteiger partial charge is 0.463 e. The van der Waals surface area contributed by atoms with Crippen LogP contribution in [-0.2, 0) is 8.85 Å². The molecule has 0 spiro atoms. The zero-order valence-electron chi connectivity index (χ0n) is 9.58. The van der Waals surface area contributed by atoms with Crippen LogP contribution in [0.1, 0.15) is 25.7 Å². The second-order valence-electron chi connectivity index (χ2n) is 5.39. The molecule has 0 aromatic heterocycles. The lowest BCUT2D eigenvalue weighted by atomic mass is 9.88. The van der Waals surface area contributed by atoms with Crippen LogP contribution >= 0.6 is 0 Å². The second-order valence-corrected chi connectivity index (χ2v) is 11.0. The minimum atomic E-state index is -1.25. The van der Waals surface area contributed by atoms with E-state index in [0.717, 1.165) is 16.4 Å². The van der Waals surface area contributed by atoms with Gasteiger partial charge >= 0.3 is 0 Å². The van der Waals surface area contributed by atoms with E-state index in [2.05, 4.69) is 13.1 Å². The van der Waals surface area contributed by atoms with Crippen LogP contribution in [0.2, 0.25) is 19.1 Å². The molecule has 2 rings (SSSR count). The molecule has 0 radical (unpaired) electrons. The number of ether oxygens (including phenoxy) is 1. The van der Waals surface area contributed by atoms with Gasteiger partial charge in [-0.1, -0.05) is 6.42 Å². The fourth-order valence-electron chi connectivity index (χ4n) is 2.40. The number of hydrogen-bond donors (Lipinski definition) is 0. The molecule has 1 heterocycles. The molecule has 3 atom stereocenters. The quantitative estimate of drug-likeness (QED) is 0.538. The van der Waals surface area contributed by atoms with Crippen LogP contribution in [0.3, 0.4) is 0 Å². The summed E-state index contributed by atoms with van der Waals surface area (Å²) in [4.78, 5) is 0. The van der Waals surface area contributed by atoms with Crippen LogP contribution in [-0.4, -0.2) is 31.0 Å². The normalized spacial score (nSPS) is 36.9. The van der Waals surface area contributed by atoms with Gasteiger partial charge in [0.1, 0.15) is 10.5 Å². The minimum absolute atomic E-state index is 0.649. The first kappa shape index (κ1) is 10.9. The van der Waals surface area contributed by atoms with E-state index >= 15 is 0 Å². The highest BCUT2D eigenvalue weighted by atomic mass is 28.4. The number of hydrogen-bond acceptors (Lipinski definition) is 2. The zero-order valence-corrected chi connectivity index (χ0v) is 12.6. The molecule has 0 N–H and O–H groups in total. The predicted molar refractivity (Wildman–Crippen MR) is 63.9 cm³/mol. The Hall–Kier alpha value is 0.354. The fourth-order valence-corrected chi connectivity index (χ4v) is 4.32. The van der Waals surface area contributed by atoms with Gasteiger partial charge in [0.15, 0.2) is 8.32 Å². The van der Waals surface area contributed by atoms with Crippen molar-refractivity contribution < 1.29 is 8.85 Å². The van der Waals surface area contributed by atoms with Gasteiger partial charge in [-0.15, -0.1) is 0 Å². The molecular formula is C10H22O2Si2. The van der Waals surface area contributed by atoms with E-state index in [1.165, 1.54) is 31.7 Å². The van der Waals surface area contributed by atoms with E-state index in [0.29, 0.717) is 12.2 Å². The maximum atomic E-state index is 5.71. The van der Waals surface area contributed by atoms with Crippen molar-refractivity contribution in [2.45, 2.75) is 57.0 Å². The molecule has 14 heavy (non-hydrogen) atoms. The van der Waals surface area contributed by atoms with Crippen LogP contribution in [0.25, 0.3) is 0 Å². The van der Waals surface area contributed by atoms with Crippen molar-refractivity contribution in [3.05, 3.63) is 0 Å². The van der Waals surface area contributed by atoms with Gasteiger partial charge in [-0.25, -0.2) is 0 Å². The maximum absolute atomic E-state index is 5.71. The standard InChI is InChI=1S/C10H22O2Si2/c1-14(2,12-13)6-5-8-3-4-9-10(7-8)11-9/h8-10H,3-7H2,1-2,13H3. The Labute approximate surface area is 91.0 Å². The molecule has 3 unspecified atom stereocenters. The van der Waals surface area contributed by atoms with Crippen molar-refractivity contribution in [2.75, 3.05) is 0 Å². The first-order valence-electron chi connectivity index (χ1n) is 5.81. The molecule has 1 aliphatic carbocycles. The number of rotatable bonds is 4. The van der Waals surface area contributed by atoms with E-state index in [4.69, 9.17) is 8.85 Å². The summed E-state index contributed by atoms with van der Waals surface area (Å²) < 4.78 is 11.3. The summed E-state index contributed by atoms with van der Waals surface area (Å²) >= 11 is 0. The van der Waals surface area contributed by atoms with Crippen molar-refractivity contribution >= 4 is 18.8 Å². The molecule has 0 bridgehead atoms. The van der Waals surface area contributed by atoms with E-state index < -0.39 is 8.32 Å². The Morgan fingerprint density at radius 2 is 2.14 bits per heavy atom. The van der Waals surface area contributed by atoms with Crippen LogP contribution < -0.4 is 0 Å². The lowest BCUT2D eigenvalue weighted by Crippen LogP contribution is -2.30. The summed E-state index contributed by atoms with van der Waals surface area (Å²) in [7, 11) is -0.332. The van der Waals surface area contributed by atoms with Crippen molar-refractivity contribution in [1.29, 1.82) is 0 Å². The van der Waals surface area contributed by atoms with Crippen molar-refractivity contribution in [1.82, 2.24) is 0 Å². The van der Waals surface area contributed by atoms with Crippen LogP contribution in [0.15, 0.2) is 0 Å². The van der Waals surface area contributed by atoms with Gasteiger partial charge < -0.3 is 8.85 Å². The minimum Gasteiger partial charge on any atom is -0.463 e. The first-order valence-corrected chi connectivity index (χ1v) is 9.74. The van der Waals surface area contributed by atoms with Gasteiger partial charge in [-0.2, -0.15) is 0 Å². The van der Waals surface area contributed by atoms with Gasteiger partial charge in [-0.3, -0.25) is 0 Å². The third kappa shape index (κ3) is 2.69. The Morgan fingerprint density at radius 1 is 1.36 bits per heavy atom. The van der Waals surface area contributed by atoms with Gasteiger partial charge in [-0.05, 0) is 44.3 Å². The molecule has 0 aromatic rings. The highest BCUT2D eigenvalue weighted by molar-refractivity contribution is 6.73. The van der Waals surface area contributed by atoms with E-state index in [1.807, 2.05) is 0 Å². The molecule has 82 valence electrons. The summed E-state index contributed by atoms with van der Waals surface area (Å²) in [6.45, 7) is 4.69. The smallest absolute Gasteiger partial charge is 0.172 e. The fraction of sp³-hybridized carbons (Fsp3) is 1.00. The Morgan fingerprint density at radius 3 is 2.79 bits per heavy atom. The lowest BCUT2D eigenvalue weighted by Gasteiger charge is -2.25. The Kier molecular flexibility index (Phi) is 3.16. The predicted octanol–water partition coefficient (Wildman–Crippen LogP) is 1.45. The van der Waals surface area contributed by atoms with Crippen LogP contribution in [0, 0.1) is 5.92 Å². The van der Waals surface area contributed by atoms with Gasteiger partial charge in [0.05, 0.1) is 12.2 Å². The molecule has 1 aliphatic heterocycles. The topological polar surface area (TPSA) is 21.8 Å². The van der Waals surface area contributed by atoms with Gasteiger partial charge in [0, 0.05) is 0 Å². The molecular weight excluding hydrogens is 208 g/mol. The third-order valence-corrected chi connectivity index (χ3v) is 9.73. The summed E-state index contributed by atoms with van der Waals surface area (Å²) in [6, 6.07) is 1.35. The van der Waals surface area contributed by atoms with Crippen LogP contribution in [0.5, 0.6) is 0 Å². The Balaban J connectivity index is 1.70. The maximum Gasteiger partial charge on any atom is 0.172 e. The third-order valence-electron chi connectivity index (χ3n) is 3.82. The summed E-state index contributed by atoms with van der Waals surface area (Å²) in [5, 5.41) is 0. The molecule has 1 saturated carbocycles. The average Bonchev–Trinajstić information content (AvgIpc) is 2.93. The average molecular weight is 230 g/mol.